The molecule has 0 heterocycles. The highest BCUT2D eigenvalue weighted by Crippen LogP contribution is 2.68. The molecule has 4 fully saturated rings. The van der Waals surface area contributed by atoms with E-state index in [1.807, 2.05) is 72.8 Å². The van der Waals surface area contributed by atoms with Crippen LogP contribution in [0.4, 0.5) is 0 Å². The maximum Gasteiger partial charge on any atom is 0.328 e. The van der Waals surface area contributed by atoms with Crippen LogP contribution >= 0.6 is 0 Å². The van der Waals surface area contributed by atoms with Gasteiger partial charge in [0.2, 0.25) is 23.6 Å². The zero-order valence-corrected chi connectivity index (χ0v) is 62.5. The quantitative estimate of drug-likeness (QED) is 0.0198. The molecule has 0 aliphatic heterocycles. The van der Waals surface area contributed by atoms with Crippen molar-refractivity contribution in [2.75, 3.05) is 41.9 Å². The van der Waals surface area contributed by atoms with Crippen molar-refractivity contribution in [1.82, 2.24) is 21.3 Å². The number of aliphatic carboxylic acids is 4. The third-order valence-corrected chi connectivity index (χ3v) is 19.2. The Morgan fingerprint density at radius 3 is 1.11 bits per heavy atom. The number of likely N-dealkylation sites (N-methyl/N-ethyl adjacent to an activating group) is 4. The number of methoxy groups -OCH3 is 1. The molecule has 4 aliphatic rings. The van der Waals surface area contributed by atoms with Gasteiger partial charge in [0.05, 0.1) is 0 Å². The smallest absolute Gasteiger partial charge is 0.328 e. The van der Waals surface area contributed by atoms with Crippen molar-refractivity contribution in [2.24, 2.45) is 52.3 Å². The van der Waals surface area contributed by atoms with E-state index >= 15 is 0 Å². The number of carboxylic acids is 4. The Bertz CT molecular complexity index is 2360. The minimum atomic E-state index is -1.13. The predicted octanol–water partition coefficient (Wildman–Crippen LogP) is 15.8. The summed E-state index contributed by atoms with van der Waals surface area (Å²) in [5.41, 5.74) is 1.08. The number of hydrogen-bond donors (Lipinski definition) is 8. The first kappa shape index (κ1) is 93.6. The van der Waals surface area contributed by atoms with E-state index in [1.165, 1.54) is 195 Å². The molecule has 0 aromatic heterocycles. The second-order valence-corrected chi connectivity index (χ2v) is 26.9. The summed E-state index contributed by atoms with van der Waals surface area (Å²) in [7, 11) is 7.50. The molecular formula is C80H130N4O15. The number of unbranched alkanes of at least 4 members (excludes halogenated alkanes) is 15. The first-order valence-corrected chi connectivity index (χ1v) is 36.4. The number of ether oxygens (including phenoxy) is 2. The molecule has 4 saturated carbocycles. The van der Waals surface area contributed by atoms with E-state index in [4.69, 9.17) is 29.9 Å². The Kier molecular flexibility index (Phi) is 56.2. The molecule has 19 nitrogen and oxygen atoms in total. The lowest BCUT2D eigenvalue weighted by molar-refractivity contribution is -0.160. The van der Waals surface area contributed by atoms with Crippen molar-refractivity contribution in [3.8, 4) is 0 Å². The van der Waals surface area contributed by atoms with Gasteiger partial charge in [-0.2, -0.15) is 0 Å². The monoisotopic (exact) mass is 1390 g/mol. The zero-order valence-electron chi connectivity index (χ0n) is 62.5. The third kappa shape index (κ3) is 48.1. The van der Waals surface area contributed by atoms with E-state index < -0.39 is 47.5 Å². The van der Waals surface area contributed by atoms with Gasteiger partial charge in [0, 0.05) is 97.4 Å². The molecule has 8 N–H and O–H groups in total. The summed E-state index contributed by atoms with van der Waals surface area (Å²) in [6.45, 7) is 17.5. The van der Waals surface area contributed by atoms with Gasteiger partial charge in [0.15, 0.2) is 0 Å². The van der Waals surface area contributed by atoms with Crippen LogP contribution in [0.5, 0.6) is 0 Å². The lowest BCUT2D eigenvalue weighted by Crippen LogP contribution is -2.54. The molecule has 6 rings (SSSR count). The minimum absolute atomic E-state index is 0.0877. The Balaban J connectivity index is 0. The van der Waals surface area contributed by atoms with Crippen molar-refractivity contribution in [3.05, 3.63) is 121 Å². The van der Waals surface area contributed by atoms with Gasteiger partial charge in [0.25, 0.3) is 0 Å². The lowest BCUT2D eigenvalue weighted by Gasteiger charge is -2.61. The molecule has 2 aromatic carbocycles. The number of carboxylic acid groups (broad SMARTS) is 4. The normalized spacial score (nSPS) is 20.9. The molecule has 4 amide bonds. The van der Waals surface area contributed by atoms with Gasteiger partial charge in [-0.1, -0.05) is 230 Å². The molecule has 0 radical (unpaired) electrons. The maximum atomic E-state index is 11.5. The van der Waals surface area contributed by atoms with E-state index in [1.54, 1.807) is 14.0 Å². The van der Waals surface area contributed by atoms with Crippen LogP contribution in [0, 0.1) is 52.3 Å². The van der Waals surface area contributed by atoms with Crippen LogP contribution in [0.2, 0.25) is 0 Å². The Labute approximate surface area is 595 Å². The highest BCUT2D eigenvalue weighted by molar-refractivity contribution is 5.95. The molecule has 9 unspecified atom stereocenters. The van der Waals surface area contributed by atoms with E-state index in [-0.39, 0.29) is 12.1 Å². The van der Waals surface area contributed by atoms with Crippen molar-refractivity contribution < 1.29 is 73.1 Å². The molecule has 0 spiro atoms. The van der Waals surface area contributed by atoms with Gasteiger partial charge in [-0.3, -0.25) is 24.0 Å². The summed E-state index contributed by atoms with van der Waals surface area (Å²) < 4.78 is 10.7. The van der Waals surface area contributed by atoms with Gasteiger partial charge < -0.3 is 51.2 Å². The standard InChI is InChI=1S/C29H50O2.C19H40O.2C6H6.4C5H7NO3/c1-19(2)8-7-9-20(3)25-12-13-26-24-11-10-22-18-23(31-21(4)30)14-16-28(22,5)27(24)15-17-29(25,26)6;1-3-4-5-6-7-8-9-10-11-12-13-14-15-16-17-18-19-20-2;2*1-2-4-6-5-3-1;4*1-6-4(7)2-3-5(8)9/h19-20,22-27H,7-18H2,1-6H3;3-19H2,1-2H3;2*1-6H;4*2-3H,1H3,(H,6,7)(H,8,9). The second kappa shape index (κ2) is 59.5. The number of hydrogen-bond acceptors (Lipinski definition) is 11. The van der Waals surface area contributed by atoms with Crippen LogP contribution < -0.4 is 21.3 Å². The Hall–Kier alpha value is -7.41. The van der Waals surface area contributed by atoms with Crippen LogP contribution in [0.3, 0.4) is 0 Å². The van der Waals surface area contributed by atoms with E-state index in [0.717, 1.165) is 109 Å². The van der Waals surface area contributed by atoms with Crippen LogP contribution in [0.15, 0.2) is 121 Å². The number of fused-ring (bicyclic) bond motifs is 5. The van der Waals surface area contributed by atoms with Gasteiger partial charge in [0.1, 0.15) is 6.10 Å². The fraction of sp³-hybridized carbons (Fsp3) is 0.637. The van der Waals surface area contributed by atoms with Crippen LogP contribution in [-0.4, -0.2) is 122 Å². The summed E-state index contributed by atoms with van der Waals surface area (Å²) in [4.78, 5) is 91.5. The van der Waals surface area contributed by atoms with Gasteiger partial charge in [-0.15, -0.1) is 0 Å². The zero-order chi connectivity index (χ0) is 74.7. The van der Waals surface area contributed by atoms with E-state index in [2.05, 4.69) is 62.8 Å². The summed E-state index contributed by atoms with van der Waals surface area (Å²) in [6.07, 6.45) is 46.4. The number of amides is 4. The predicted molar refractivity (Wildman–Crippen MR) is 396 cm³/mol. The maximum absolute atomic E-state index is 11.5. The molecule has 0 saturated heterocycles. The number of carbonyl (C=O) groups is 9. The number of esters is 1. The largest absolute Gasteiger partial charge is 0.478 e. The van der Waals surface area contributed by atoms with Gasteiger partial charge in [-0.05, 0) is 116 Å². The highest BCUT2D eigenvalue weighted by atomic mass is 16.5. The molecule has 9 atom stereocenters. The molecule has 4 aliphatic carbocycles. The van der Waals surface area contributed by atoms with Crippen molar-refractivity contribution in [3.63, 3.8) is 0 Å². The third-order valence-electron chi connectivity index (χ3n) is 19.2. The average molecular weight is 1390 g/mol. The molecule has 99 heavy (non-hydrogen) atoms. The molecule has 560 valence electrons. The Morgan fingerprint density at radius 2 is 0.788 bits per heavy atom. The lowest BCUT2D eigenvalue weighted by atomic mass is 9.44. The first-order valence-electron chi connectivity index (χ1n) is 36.4. The highest BCUT2D eigenvalue weighted by Gasteiger charge is 2.60. The van der Waals surface area contributed by atoms with Gasteiger partial charge in [-0.25, -0.2) is 19.2 Å². The van der Waals surface area contributed by atoms with Gasteiger partial charge >= 0.3 is 29.8 Å². The summed E-state index contributed by atoms with van der Waals surface area (Å²) >= 11 is 0. The van der Waals surface area contributed by atoms with Crippen LogP contribution in [-0.2, 0) is 52.6 Å². The summed E-state index contributed by atoms with van der Waals surface area (Å²) in [6, 6.07) is 24.0. The fourth-order valence-corrected chi connectivity index (χ4v) is 14.1. The number of nitrogens with one attached hydrogen (secondary N) is 4. The molecule has 0 bridgehead atoms. The fourth-order valence-electron chi connectivity index (χ4n) is 14.1. The summed E-state index contributed by atoms with van der Waals surface area (Å²) in [5.74, 6) is 0.0368. The van der Waals surface area contributed by atoms with E-state index in [9.17, 15) is 43.2 Å². The molecule has 2 aromatic rings. The Morgan fingerprint density at radius 1 is 0.444 bits per heavy atom. The van der Waals surface area contributed by atoms with Crippen molar-refractivity contribution >= 4 is 53.5 Å². The minimum Gasteiger partial charge on any atom is -0.478 e. The number of benzene rings is 2. The van der Waals surface area contributed by atoms with Crippen LogP contribution in [0.25, 0.3) is 0 Å². The van der Waals surface area contributed by atoms with E-state index in [0.29, 0.717) is 10.8 Å². The SMILES string of the molecule is CC(=O)OC1CCC2(C)C(CCC3C2CCC2(C)C(C(C)CCCC(C)C)CCC32)C1.CCCCCCCCCCCCCCCCCCOC.CNC(=O)C=CC(=O)O.CNC(=O)C=CC(=O)O.CNC(=O)C=CC(=O)O.CNC(=O)C=CC(=O)O.c1ccccc1.c1ccccc1. The topological polar surface area (TPSA) is 301 Å². The van der Waals surface area contributed by atoms with Crippen molar-refractivity contribution in [2.45, 2.75) is 234 Å². The van der Waals surface area contributed by atoms with Crippen LogP contribution in [0.1, 0.15) is 228 Å². The molecular weight excluding hydrogens is 1260 g/mol. The number of rotatable bonds is 31. The average Bonchev–Trinajstić information content (AvgIpc) is 1.71. The summed E-state index contributed by atoms with van der Waals surface area (Å²) in [5, 5.41) is 40.9. The number of carbonyl (C=O) groups excluding carboxylic acids is 5. The first-order chi connectivity index (χ1) is 47.2. The molecule has 19 heteroatoms. The van der Waals surface area contributed by atoms with Crippen molar-refractivity contribution in [1.29, 1.82) is 0 Å². The second-order valence-electron chi connectivity index (χ2n) is 26.9.